The van der Waals surface area contributed by atoms with Crippen molar-refractivity contribution in [1.29, 1.82) is 0 Å². The lowest BCUT2D eigenvalue weighted by Crippen LogP contribution is -2.02. The molecule has 1 aliphatic carbocycles. The molecule has 3 heterocycles. The highest BCUT2D eigenvalue weighted by molar-refractivity contribution is 7.98. The van der Waals surface area contributed by atoms with Crippen molar-refractivity contribution in [3.05, 3.63) is 28.5 Å². The largest absolute Gasteiger partial charge is 0.338 e. The first-order chi connectivity index (χ1) is 10.8. The Kier molecular flexibility index (Phi) is 3.71. The zero-order valence-electron chi connectivity index (χ0n) is 12.1. The first kappa shape index (κ1) is 14.0. The van der Waals surface area contributed by atoms with Crippen molar-refractivity contribution in [2.75, 3.05) is 0 Å². The highest BCUT2D eigenvalue weighted by Crippen LogP contribution is 2.40. The van der Waals surface area contributed by atoms with Crippen LogP contribution in [0, 0.1) is 0 Å². The maximum Gasteiger partial charge on any atom is 0.237 e. The smallest absolute Gasteiger partial charge is 0.237 e. The van der Waals surface area contributed by atoms with Crippen LogP contribution < -0.4 is 0 Å². The normalized spacial score (nSPS) is 14.6. The van der Waals surface area contributed by atoms with Crippen LogP contribution in [0.15, 0.2) is 26.5 Å². The van der Waals surface area contributed by atoms with E-state index in [0.717, 1.165) is 23.1 Å². The van der Waals surface area contributed by atoms with Gasteiger partial charge in [0.15, 0.2) is 5.16 Å². The summed E-state index contributed by atoms with van der Waals surface area (Å²) in [6.45, 7) is 3.02. The zero-order chi connectivity index (χ0) is 14.9. The van der Waals surface area contributed by atoms with Gasteiger partial charge in [-0.2, -0.15) is 16.3 Å². The predicted octanol–water partition coefficient (Wildman–Crippen LogP) is 3.58. The summed E-state index contributed by atoms with van der Waals surface area (Å²) in [5, 5.41) is 17.6. The zero-order valence-corrected chi connectivity index (χ0v) is 13.7. The van der Waals surface area contributed by atoms with Crippen LogP contribution in [0.5, 0.6) is 0 Å². The quantitative estimate of drug-likeness (QED) is 0.642. The van der Waals surface area contributed by atoms with E-state index in [-0.39, 0.29) is 0 Å². The Morgan fingerprint density at radius 1 is 1.41 bits per heavy atom. The average Bonchev–Trinajstić information content (AvgIpc) is 3.00. The van der Waals surface area contributed by atoms with Crippen LogP contribution in [0.1, 0.15) is 37.4 Å². The minimum Gasteiger partial charge on any atom is -0.338 e. The molecule has 6 nitrogen and oxygen atoms in total. The molecule has 1 aliphatic rings. The van der Waals surface area contributed by atoms with Crippen molar-refractivity contribution >= 4 is 23.1 Å². The van der Waals surface area contributed by atoms with Crippen LogP contribution in [0.4, 0.5) is 0 Å². The molecule has 0 unspecified atom stereocenters. The third-order valence-corrected chi connectivity index (χ3v) is 5.21. The Balaban J connectivity index is 1.46. The maximum absolute atomic E-state index is 5.32. The summed E-state index contributed by atoms with van der Waals surface area (Å²) in [6, 6.07) is 1.99. The molecule has 0 amide bonds. The van der Waals surface area contributed by atoms with Crippen molar-refractivity contribution in [1.82, 2.24) is 24.9 Å². The van der Waals surface area contributed by atoms with Crippen LogP contribution in [0.25, 0.3) is 11.4 Å². The minimum atomic E-state index is 0.607. The molecule has 0 saturated heterocycles. The predicted molar refractivity (Wildman–Crippen MR) is 84.8 cm³/mol. The Labute approximate surface area is 136 Å². The lowest BCUT2D eigenvalue weighted by atomic mass is 10.3. The van der Waals surface area contributed by atoms with Crippen molar-refractivity contribution in [3.8, 4) is 11.4 Å². The summed E-state index contributed by atoms with van der Waals surface area (Å²) < 4.78 is 7.51. The summed E-state index contributed by atoms with van der Waals surface area (Å²) in [5.74, 6) is 3.60. The van der Waals surface area contributed by atoms with Gasteiger partial charge < -0.3 is 9.09 Å². The SMILES string of the molecule is CCn1c(SCc2nc(-c3ccsc3)no2)nnc1C1CC1. The van der Waals surface area contributed by atoms with Crippen LogP contribution in [-0.4, -0.2) is 24.9 Å². The Hall–Kier alpha value is -1.67. The molecule has 22 heavy (non-hydrogen) atoms. The van der Waals surface area contributed by atoms with Crippen molar-refractivity contribution in [2.45, 2.75) is 43.1 Å². The van der Waals surface area contributed by atoms with E-state index in [1.807, 2.05) is 16.8 Å². The third kappa shape index (κ3) is 2.68. The Morgan fingerprint density at radius 2 is 2.32 bits per heavy atom. The second-order valence-electron chi connectivity index (χ2n) is 5.17. The van der Waals surface area contributed by atoms with E-state index in [4.69, 9.17) is 4.52 Å². The monoisotopic (exact) mass is 333 g/mol. The molecule has 8 heteroatoms. The molecule has 0 N–H and O–H groups in total. The van der Waals surface area contributed by atoms with Crippen molar-refractivity contribution in [2.24, 2.45) is 0 Å². The fourth-order valence-electron chi connectivity index (χ4n) is 2.30. The van der Waals surface area contributed by atoms with E-state index in [1.54, 1.807) is 23.1 Å². The molecule has 0 atom stereocenters. The van der Waals surface area contributed by atoms with Crippen LogP contribution in [0.2, 0.25) is 0 Å². The van der Waals surface area contributed by atoms with Crippen LogP contribution in [-0.2, 0) is 12.3 Å². The molecule has 1 saturated carbocycles. The van der Waals surface area contributed by atoms with E-state index in [9.17, 15) is 0 Å². The highest BCUT2D eigenvalue weighted by Gasteiger charge is 2.30. The summed E-state index contributed by atoms with van der Waals surface area (Å²) in [7, 11) is 0. The van der Waals surface area contributed by atoms with Gasteiger partial charge in [-0.3, -0.25) is 0 Å². The maximum atomic E-state index is 5.32. The van der Waals surface area contributed by atoms with Gasteiger partial charge in [-0.1, -0.05) is 16.9 Å². The van der Waals surface area contributed by atoms with Gasteiger partial charge in [0, 0.05) is 23.4 Å². The molecular weight excluding hydrogens is 318 g/mol. The second-order valence-corrected chi connectivity index (χ2v) is 6.89. The fourth-order valence-corrected chi connectivity index (χ4v) is 3.78. The van der Waals surface area contributed by atoms with Gasteiger partial charge in [0.05, 0.1) is 5.75 Å². The number of aromatic nitrogens is 5. The molecule has 4 rings (SSSR count). The van der Waals surface area contributed by atoms with E-state index < -0.39 is 0 Å². The number of rotatable bonds is 6. The number of thioether (sulfide) groups is 1. The number of thiophene rings is 1. The molecule has 3 aromatic heterocycles. The molecule has 0 bridgehead atoms. The standard InChI is InChI=1S/C14H15N5OS2/c1-2-19-13(9-3-4-9)16-17-14(19)22-8-11-15-12(18-20-11)10-5-6-21-7-10/h5-7,9H,2-4,8H2,1H3. The summed E-state index contributed by atoms with van der Waals surface area (Å²) in [4.78, 5) is 4.43. The minimum absolute atomic E-state index is 0.607. The average molecular weight is 333 g/mol. The van der Waals surface area contributed by atoms with Gasteiger partial charge in [-0.25, -0.2) is 0 Å². The molecule has 0 radical (unpaired) electrons. The van der Waals surface area contributed by atoms with E-state index >= 15 is 0 Å². The van der Waals surface area contributed by atoms with Gasteiger partial charge in [0.25, 0.3) is 0 Å². The summed E-state index contributed by atoms with van der Waals surface area (Å²) >= 11 is 3.22. The van der Waals surface area contributed by atoms with Gasteiger partial charge in [0.2, 0.25) is 11.7 Å². The number of hydrogen-bond acceptors (Lipinski definition) is 7. The fraction of sp³-hybridized carbons (Fsp3) is 0.429. The molecular formula is C14H15N5OS2. The first-order valence-corrected chi connectivity index (χ1v) is 9.19. The van der Waals surface area contributed by atoms with Gasteiger partial charge in [0.1, 0.15) is 5.82 Å². The van der Waals surface area contributed by atoms with E-state index in [1.165, 1.54) is 12.8 Å². The van der Waals surface area contributed by atoms with Crippen LogP contribution in [0.3, 0.4) is 0 Å². The molecule has 0 aromatic carbocycles. The second kappa shape index (κ2) is 5.85. The van der Waals surface area contributed by atoms with Crippen molar-refractivity contribution < 1.29 is 4.52 Å². The highest BCUT2D eigenvalue weighted by atomic mass is 32.2. The number of nitrogens with zero attached hydrogens (tertiary/aromatic N) is 5. The molecule has 3 aromatic rings. The molecule has 114 valence electrons. The first-order valence-electron chi connectivity index (χ1n) is 7.26. The Bertz CT molecular complexity index is 760. The number of hydrogen-bond donors (Lipinski definition) is 0. The van der Waals surface area contributed by atoms with Crippen LogP contribution >= 0.6 is 23.1 Å². The molecule has 1 fully saturated rings. The summed E-state index contributed by atoms with van der Waals surface area (Å²) in [6.07, 6.45) is 2.47. The van der Waals surface area contributed by atoms with E-state index in [2.05, 4.69) is 31.8 Å². The van der Waals surface area contributed by atoms with Gasteiger partial charge in [-0.15, -0.1) is 10.2 Å². The Morgan fingerprint density at radius 3 is 3.05 bits per heavy atom. The van der Waals surface area contributed by atoms with Crippen molar-refractivity contribution in [3.63, 3.8) is 0 Å². The topological polar surface area (TPSA) is 69.6 Å². The molecule has 0 aliphatic heterocycles. The molecule has 0 spiro atoms. The third-order valence-electron chi connectivity index (χ3n) is 3.58. The lowest BCUT2D eigenvalue weighted by molar-refractivity contribution is 0.391. The summed E-state index contributed by atoms with van der Waals surface area (Å²) in [5.41, 5.74) is 0.998. The van der Waals surface area contributed by atoms with Gasteiger partial charge >= 0.3 is 0 Å². The van der Waals surface area contributed by atoms with Gasteiger partial charge in [-0.05, 0) is 31.2 Å². The van der Waals surface area contributed by atoms with E-state index in [0.29, 0.717) is 23.4 Å². The lowest BCUT2D eigenvalue weighted by Gasteiger charge is -2.04.